The van der Waals surface area contributed by atoms with Crippen molar-refractivity contribution in [2.24, 2.45) is 0 Å². The van der Waals surface area contributed by atoms with Crippen LogP contribution in [0.4, 0.5) is 11.6 Å². The van der Waals surface area contributed by atoms with Gasteiger partial charge >= 0.3 is 11.7 Å². The van der Waals surface area contributed by atoms with Gasteiger partial charge in [-0.3, -0.25) is 10.1 Å². The fraction of sp³-hybridized carbons (Fsp3) is 0.353. The van der Waals surface area contributed by atoms with Gasteiger partial charge in [0, 0.05) is 11.8 Å². The molecule has 28 heavy (non-hydrogen) atoms. The Labute approximate surface area is 159 Å². The zero-order chi connectivity index (χ0) is 20.6. The van der Waals surface area contributed by atoms with Gasteiger partial charge in [0.2, 0.25) is 11.7 Å². The van der Waals surface area contributed by atoms with Crippen molar-refractivity contribution in [1.82, 2.24) is 14.8 Å². The van der Waals surface area contributed by atoms with Crippen molar-refractivity contribution in [3.8, 4) is 11.5 Å². The number of aromatic hydroxyl groups is 1. The minimum atomic E-state index is -0.863. The Morgan fingerprint density at radius 3 is 2.75 bits per heavy atom. The lowest BCUT2D eigenvalue weighted by Gasteiger charge is -2.28. The van der Waals surface area contributed by atoms with Crippen LogP contribution in [0.5, 0.6) is 11.5 Å². The van der Waals surface area contributed by atoms with Crippen molar-refractivity contribution in [3.63, 3.8) is 0 Å². The highest BCUT2D eigenvalue weighted by Crippen LogP contribution is 2.43. The Morgan fingerprint density at radius 1 is 1.43 bits per heavy atom. The van der Waals surface area contributed by atoms with Crippen LogP contribution in [0.2, 0.25) is 0 Å². The topological polar surface area (TPSA) is 142 Å². The lowest BCUT2D eigenvalue weighted by Crippen LogP contribution is -2.30. The molecule has 0 saturated heterocycles. The first-order valence-corrected chi connectivity index (χ1v) is 8.38. The number of hydrogen-bond donors (Lipinski definition) is 2. The molecule has 11 heteroatoms. The summed E-state index contributed by atoms with van der Waals surface area (Å²) in [6.45, 7) is 5.11. The number of anilines is 1. The minimum Gasteiger partial charge on any atom is -0.500 e. The molecular formula is C17H19N5O6. The van der Waals surface area contributed by atoms with E-state index < -0.39 is 28.4 Å². The number of nitro groups is 1. The molecule has 0 fully saturated rings. The lowest BCUT2D eigenvalue weighted by molar-refractivity contribution is -0.386. The second kappa shape index (κ2) is 7.18. The monoisotopic (exact) mass is 389 g/mol. The number of rotatable bonds is 5. The average molecular weight is 389 g/mol. The van der Waals surface area contributed by atoms with Gasteiger partial charge in [-0.05, 0) is 32.4 Å². The maximum atomic E-state index is 12.8. The molecule has 1 atom stereocenters. The molecule has 148 valence electrons. The van der Waals surface area contributed by atoms with Crippen molar-refractivity contribution < 1.29 is 24.3 Å². The molecule has 0 radical (unpaired) electrons. The molecule has 1 aromatic heterocycles. The van der Waals surface area contributed by atoms with E-state index in [1.807, 2.05) is 0 Å². The molecule has 1 unspecified atom stereocenters. The van der Waals surface area contributed by atoms with E-state index in [1.54, 1.807) is 20.8 Å². The Hall–Kier alpha value is -3.63. The number of fused-ring (bicyclic) bond motifs is 1. The predicted molar refractivity (Wildman–Crippen MR) is 97.0 cm³/mol. The maximum absolute atomic E-state index is 12.8. The van der Waals surface area contributed by atoms with Gasteiger partial charge in [0.05, 0.1) is 23.7 Å². The molecule has 0 saturated carbocycles. The number of carbonyl (C=O) groups is 1. The summed E-state index contributed by atoms with van der Waals surface area (Å²) in [7, 11) is 1.28. The van der Waals surface area contributed by atoms with E-state index in [2.05, 4.69) is 15.4 Å². The van der Waals surface area contributed by atoms with E-state index in [0.29, 0.717) is 17.2 Å². The largest absolute Gasteiger partial charge is 0.500 e. The summed E-state index contributed by atoms with van der Waals surface area (Å²) in [4.78, 5) is 27.5. The van der Waals surface area contributed by atoms with Gasteiger partial charge in [-0.1, -0.05) is 0 Å². The molecule has 1 aliphatic rings. The normalized spacial score (nSPS) is 15.8. The van der Waals surface area contributed by atoms with Gasteiger partial charge < -0.3 is 19.9 Å². The van der Waals surface area contributed by atoms with E-state index in [-0.39, 0.29) is 17.4 Å². The number of hydrogen-bond acceptors (Lipinski definition) is 9. The Bertz CT molecular complexity index is 980. The molecule has 2 aromatic rings. The van der Waals surface area contributed by atoms with E-state index in [4.69, 9.17) is 9.47 Å². The fourth-order valence-corrected chi connectivity index (χ4v) is 3.01. The summed E-state index contributed by atoms with van der Waals surface area (Å²) in [5.74, 6) is -0.936. The number of nitrogens with zero attached hydrogens (tertiary/aromatic N) is 4. The summed E-state index contributed by atoms with van der Waals surface area (Å²) < 4.78 is 11.8. The van der Waals surface area contributed by atoms with Crippen LogP contribution in [0.1, 0.15) is 32.4 Å². The van der Waals surface area contributed by atoms with Crippen LogP contribution in [0.25, 0.3) is 0 Å². The number of phenols is 1. The van der Waals surface area contributed by atoms with Gasteiger partial charge in [0.15, 0.2) is 5.75 Å². The van der Waals surface area contributed by atoms with Crippen LogP contribution in [-0.4, -0.2) is 44.0 Å². The molecule has 0 aliphatic carbocycles. The van der Waals surface area contributed by atoms with Crippen LogP contribution in [0.3, 0.4) is 0 Å². The summed E-state index contributed by atoms with van der Waals surface area (Å²) in [5.41, 5.74) is 0.452. The second-order valence-corrected chi connectivity index (χ2v) is 6.40. The Balaban J connectivity index is 2.23. The molecule has 11 nitrogen and oxygen atoms in total. The highest BCUT2D eigenvalue weighted by Gasteiger charge is 2.36. The van der Waals surface area contributed by atoms with Crippen LogP contribution in [-0.2, 0) is 9.53 Å². The van der Waals surface area contributed by atoms with Gasteiger partial charge in [0.1, 0.15) is 12.4 Å². The van der Waals surface area contributed by atoms with Crippen LogP contribution in [0, 0.1) is 10.1 Å². The predicted octanol–water partition coefficient (Wildman–Crippen LogP) is 2.14. The van der Waals surface area contributed by atoms with Crippen molar-refractivity contribution in [1.29, 1.82) is 0 Å². The summed E-state index contributed by atoms with van der Waals surface area (Å²) in [6.07, 6.45) is 0.931. The summed E-state index contributed by atoms with van der Waals surface area (Å²) in [6, 6.07) is 1.73. The first-order valence-electron chi connectivity index (χ1n) is 8.38. The van der Waals surface area contributed by atoms with Crippen molar-refractivity contribution in [2.75, 3.05) is 12.4 Å². The molecule has 3 rings (SSSR count). The van der Waals surface area contributed by atoms with Crippen molar-refractivity contribution >= 4 is 17.6 Å². The lowest BCUT2D eigenvalue weighted by atomic mass is 9.95. The first kappa shape index (κ1) is 19.1. The molecule has 0 amide bonds. The Kier molecular flexibility index (Phi) is 4.91. The smallest absolute Gasteiger partial charge is 0.338 e. The molecular weight excluding hydrogens is 370 g/mol. The fourth-order valence-electron chi connectivity index (χ4n) is 3.01. The molecule has 1 aliphatic heterocycles. The Morgan fingerprint density at radius 2 is 2.14 bits per heavy atom. The maximum Gasteiger partial charge on any atom is 0.338 e. The minimum absolute atomic E-state index is 0.0985. The standard InChI is InChI=1S/C17H19N5O6/c1-8(2)28-16(24)13-9(3)20-17-18-7-19-21(17)14(13)10-5-11(22(25)26)15(23)12(6-10)27-4/h5-8,14,23H,1-4H3,(H,18,19,20). The third-order valence-corrected chi connectivity index (χ3v) is 4.17. The van der Waals surface area contributed by atoms with Gasteiger partial charge in [-0.15, -0.1) is 0 Å². The molecule has 2 N–H and O–H groups in total. The number of nitro benzene ring substituents is 1. The SMILES string of the molecule is COc1cc(C2C(C(=O)OC(C)C)=C(C)Nc3ncnn32)cc([N+](=O)[O-])c1O. The third-order valence-electron chi connectivity index (χ3n) is 4.17. The van der Waals surface area contributed by atoms with Crippen LogP contribution < -0.4 is 10.1 Å². The van der Waals surface area contributed by atoms with Gasteiger partial charge in [-0.2, -0.15) is 10.1 Å². The van der Waals surface area contributed by atoms with E-state index in [0.717, 1.165) is 0 Å². The number of benzene rings is 1. The number of ether oxygens (including phenoxy) is 2. The van der Waals surface area contributed by atoms with Crippen LogP contribution >= 0.6 is 0 Å². The number of nitrogens with one attached hydrogen (secondary N) is 1. The average Bonchev–Trinajstić information content (AvgIpc) is 3.07. The number of aromatic nitrogens is 3. The molecule has 2 heterocycles. The summed E-state index contributed by atoms with van der Waals surface area (Å²) in [5, 5.41) is 28.6. The van der Waals surface area contributed by atoms with Gasteiger partial charge in [-0.25, -0.2) is 9.48 Å². The highest BCUT2D eigenvalue weighted by molar-refractivity contribution is 5.92. The molecule has 0 spiro atoms. The quantitative estimate of drug-likeness (QED) is 0.447. The third kappa shape index (κ3) is 3.21. The number of phenolic OH excluding ortho intramolecular Hbond substituents is 1. The van der Waals surface area contributed by atoms with E-state index in [1.165, 1.54) is 30.3 Å². The van der Waals surface area contributed by atoms with Crippen molar-refractivity contribution in [2.45, 2.75) is 32.9 Å². The number of carbonyl (C=O) groups excluding carboxylic acids is 1. The first-order chi connectivity index (χ1) is 13.2. The highest BCUT2D eigenvalue weighted by atomic mass is 16.6. The summed E-state index contributed by atoms with van der Waals surface area (Å²) >= 11 is 0. The zero-order valence-corrected chi connectivity index (χ0v) is 15.7. The number of esters is 1. The van der Waals surface area contributed by atoms with Gasteiger partial charge in [0.25, 0.3) is 0 Å². The number of methoxy groups -OCH3 is 1. The van der Waals surface area contributed by atoms with Crippen LogP contribution in [0.15, 0.2) is 29.7 Å². The number of allylic oxidation sites excluding steroid dienone is 1. The second-order valence-electron chi connectivity index (χ2n) is 6.40. The van der Waals surface area contributed by atoms with E-state index >= 15 is 0 Å². The zero-order valence-electron chi connectivity index (χ0n) is 15.7. The van der Waals surface area contributed by atoms with Crippen molar-refractivity contribution in [3.05, 3.63) is 45.4 Å². The van der Waals surface area contributed by atoms with E-state index in [9.17, 15) is 20.0 Å². The molecule has 1 aromatic carbocycles. The molecule has 0 bridgehead atoms.